The molecule has 1 saturated heterocycles. The number of anilines is 1. The molecule has 0 bridgehead atoms. The minimum Gasteiger partial charge on any atom is -0.369 e. The van der Waals surface area contributed by atoms with Crippen LogP contribution in [0.1, 0.15) is 64.6 Å². The third kappa shape index (κ3) is 4.39. The summed E-state index contributed by atoms with van der Waals surface area (Å²) in [5.74, 6) is 2.30. The molecule has 1 aromatic rings. The van der Waals surface area contributed by atoms with E-state index in [0.717, 1.165) is 54.0 Å². The third-order valence-electron chi connectivity index (χ3n) is 3.60. The van der Waals surface area contributed by atoms with Crippen molar-refractivity contribution in [2.75, 3.05) is 11.9 Å². The second-order valence-corrected chi connectivity index (χ2v) is 7.02. The molecule has 0 spiro atoms. The Balaban J connectivity index is 2.30. The van der Waals surface area contributed by atoms with Crippen LogP contribution in [0.2, 0.25) is 0 Å². The van der Waals surface area contributed by atoms with Crippen molar-refractivity contribution >= 4 is 21.7 Å². The van der Waals surface area contributed by atoms with E-state index in [1.54, 1.807) is 0 Å². The van der Waals surface area contributed by atoms with Gasteiger partial charge in [0.1, 0.15) is 11.9 Å². The van der Waals surface area contributed by atoms with Crippen LogP contribution in [0.15, 0.2) is 4.47 Å². The Morgan fingerprint density at radius 2 is 2.10 bits per heavy atom. The highest BCUT2D eigenvalue weighted by atomic mass is 79.9. The number of hydrogen-bond donors (Lipinski definition) is 1. The molecular formula is C16H26BrN3O. The van der Waals surface area contributed by atoms with E-state index < -0.39 is 0 Å². The maximum absolute atomic E-state index is 5.94. The molecule has 0 radical (unpaired) electrons. The molecule has 1 aliphatic rings. The highest BCUT2D eigenvalue weighted by Gasteiger charge is 2.27. The summed E-state index contributed by atoms with van der Waals surface area (Å²) in [6, 6.07) is 0. The van der Waals surface area contributed by atoms with Crippen LogP contribution in [0.4, 0.5) is 5.82 Å². The normalized spacial score (nSPS) is 22.0. The first-order chi connectivity index (χ1) is 10.0. The number of nitrogens with one attached hydrogen (secondary N) is 1. The van der Waals surface area contributed by atoms with Crippen LogP contribution in [-0.4, -0.2) is 22.6 Å². The Morgan fingerprint density at radius 1 is 1.33 bits per heavy atom. The van der Waals surface area contributed by atoms with Crippen molar-refractivity contribution in [1.82, 2.24) is 9.97 Å². The van der Waals surface area contributed by atoms with Crippen molar-refractivity contribution in [1.29, 1.82) is 0 Å². The second-order valence-electron chi connectivity index (χ2n) is 6.23. The molecule has 0 amide bonds. The van der Waals surface area contributed by atoms with Gasteiger partial charge in [0, 0.05) is 6.54 Å². The second kappa shape index (κ2) is 7.54. The van der Waals surface area contributed by atoms with Crippen molar-refractivity contribution in [2.24, 2.45) is 5.92 Å². The highest BCUT2D eigenvalue weighted by Crippen LogP contribution is 2.34. The first kappa shape index (κ1) is 16.7. The molecule has 118 valence electrons. The summed E-state index contributed by atoms with van der Waals surface area (Å²) in [7, 11) is 0. The summed E-state index contributed by atoms with van der Waals surface area (Å²) in [5, 5.41) is 3.40. The van der Waals surface area contributed by atoms with Crippen molar-refractivity contribution in [3.63, 3.8) is 0 Å². The molecule has 5 heteroatoms. The number of aromatic nitrogens is 2. The summed E-state index contributed by atoms with van der Waals surface area (Å²) >= 11 is 3.67. The Labute approximate surface area is 136 Å². The van der Waals surface area contributed by atoms with Crippen LogP contribution in [0, 0.1) is 5.92 Å². The Kier molecular flexibility index (Phi) is 5.99. The van der Waals surface area contributed by atoms with Crippen LogP contribution in [0.5, 0.6) is 0 Å². The predicted molar refractivity (Wildman–Crippen MR) is 89.6 cm³/mol. The maximum atomic E-state index is 5.94. The lowest BCUT2D eigenvalue weighted by Crippen LogP contribution is -2.13. The van der Waals surface area contributed by atoms with Crippen molar-refractivity contribution in [3.05, 3.63) is 16.0 Å². The average molecular weight is 356 g/mol. The van der Waals surface area contributed by atoms with Gasteiger partial charge in [-0.25, -0.2) is 9.97 Å². The fourth-order valence-corrected chi connectivity index (χ4v) is 3.01. The van der Waals surface area contributed by atoms with Gasteiger partial charge in [0.25, 0.3) is 0 Å². The van der Waals surface area contributed by atoms with Gasteiger partial charge in [0.2, 0.25) is 0 Å². The first-order valence-corrected chi connectivity index (χ1v) is 8.76. The molecule has 1 N–H and O–H groups in total. The standard InChI is InChI=1S/C16H26BrN3O/c1-5-8-18-16-14(17)12(9-10(2)3)19-15(20-16)13-7-6-11(4)21-13/h10-11,13H,5-9H2,1-4H3,(H,18,19,20). The van der Waals surface area contributed by atoms with E-state index in [4.69, 9.17) is 14.7 Å². The van der Waals surface area contributed by atoms with Gasteiger partial charge in [0.05, 0.1) is 16.3 Å². The largest absolute Gasteiger partial charge is 0.369 e. The van der Waals surface area contributed by atoms with Crippen LogP contribution in [-0.2, 0) is 11.2 Å². The van der Waals surface area contributed by atoms with E-state index in [0.29, 0.717) is 12.0 Å². The van der Waals surface area contributed by atoms with Crippen LogP contribution in [0.25, 0.3) is 0 Å². The Bertz CT molecular complexity index is 479. The van der Waals surface area contributed by atoms with Gasteiger partial charge in [-0.1, -0.05) is 20.8 Å². The fraction of sp³-hybridized carbons (Fsp3) is 0.750. The first-order valence-electron chi connectivity index (χ1n) is 7.96. The van der Waals surface area contributed by atoms with E-state index in [1.165, 1.54) is 0 Å². The number of ether oxygens (including phenoxy) is 1. The minimum atomic E-state index is 0.0428. The number of hydrogen-bond acceptors (Lipinski definition) is 4. The highest BCUT2D eigenvalue weighted by molar-refractivity contribution is 9.10. The predicted octanol–water partition coefficient (Wildman–Crippen LogP) is 4.50. The molecule has 2 heterocycles. The molecule has 0 saturated carbocycles. The zero-order chi connectivity index (χ0) is 15.4. The number of nitrogens with zero attached hydrogens (tertiary/aromatic N) is 2. The smallest absolute Gasteiger partial charge is 0.159 e. The Morgan fingerprint density at radius 3 is 2.67 bits per heavy atom. The van der Waals surface area contributed by atoms with Gasteiger partial charge in [0.15, 0.2) is 5.82 Å². The molecule has 1 fully saturated rings. The van der Waals surface area contributed by atoms with E-state index in [1.807, 2.05) is 0 Å². The van der Waals surface area contributed by atoms with Crippen molar-refractivity contribution < 1.29 is 4.74 Å². The van der Waals surface area contributed by atoms with Gasteiger partial charge in [-0.05, 0) is 54.5 Å². The van der Waals surface area contributed by atoms with Gasteiger partial charge in [-0.3, -0.25) is 0 Å². The molecule has 1 aromatic heterocycles. The van der Waals surface area contributed by atoms with Crippen molar-refractivity contribution in [3.8, 4) is 0 Å². The molecule has 0 aromatic carbocycles. The molecule has 21 heavy (non-hydrogen) atoms. The average Bonchev–Trinajstić information content (AvgIpc) is 2.86. The zero-order valence-corrected chi connectivity index (χ0v) is 15.0. The van der Waals surface area contributed by atoms with Crippen molar-refractivity contribution in [2.45, 2.75) is 65.6 Å². The van der Waals surface area contributed by atoms with E-state index in [2.05, 4.69) is 48.9 Å². The lowest BCUT2D eigenvalue weighted by molar-refractivity contribution is 0.0502. The van der Waals surface area contributed by atoms with E-state index >= 15 is 0 Å². The summed E-state index contributed by atoms with van der Waals surface area (Å²) in [6.07, 6.45) is 4.46. The van der Waals surface area contributed by atoms with E-state index in [-0.39, 0.29) is 6.10 Å². The van der Waals surface area contributed by atoms with E-state index in [9.17, 15) is 0 Å². The fourth-order valence-electron chi connectivity index (χ4n) is 2.53. The lowest BCUT2D eigenvalue weighted by atomic mass is 10.1. The molecule has 2 rings (SSSR count). The lowest BCUT2D eigenvalue weighted by Gasteiger charge is -2.17. The van der Waals surface area contributed by atoms with Crippen LogP contribution >= 0.6 is 15.9 Å². The van der Waals surface area contributed by atoms with Crippen LogP contribution < -0.4 is 5.32 Å². The minimum absolute atomic E-state index is 0.0428. The summed E-state index contributed by atoms with van der Waals surface area (Å²) < 4.78 is 6.94. The summed E-state index contributed by atoms with van der Waals surface area (Å²) in [6.45, 7) is 9.60. The molecule has 0 aliphatic carbocycles. The molecular weight excluding hydrogens is 330 g/mol. The number of rotatable bonds is 6. The molecule has 2 atom stereocenters. The van der Waals surface area contributed by atoms with Gasteiger partial charge < -0.3 is 10.1 Å². The summed E-state index contributed by atoms with van der Waals surface area (Å²) in [5.41, 5.74) is 1.08. The summed E-state index contributed by atoms with van der Waals surface area (Å²) in [4.78, 5) is 9.47. The monoisotopic (exact) mass is 355 g/mol. The third-order valence-corrected chi connectivity index (χ3v) is 4.43. The molecule has 2 unspecified atom stereocenters. The van der Waals surface area contributed by atoms with Gasteiger partial charge in [-0.15, -0.1) is 0 Å². The Hall–Kier alpha value is -0.680. The zero-order valence-electron chi connectivity index (χ0n) is 13.4. The molecule has 4 nitrogen and oxygen atoms in total. The topological polar surface area (TPSA) is 47.0 Å². The maximum Gasteiger partial charge on any atom is 0.159 e. The number of halogens is 1. The quantitative estimate of drug-likeness (QED) is 0.815. The SMILES string of the molecule is CCCNc1nc(C2CCC(C)O2)nc(CC(C)C)c1Br. The van der Waals surface area contributed by atoms with Gasteiger partial charge in [-0.2, -0.15) is 0 Å². The van der Waals surface area contributed by atoms with Crippen LogP contribution in [0.3, 0.4) is 0 Å². The van der Waals surface area contributed by atoms with Gasteiger partial charge >= 0.3 is 0 Å². The molecule has 1 aliphatic heterocycles.